The molecule has 0 bridgehead atoms. The maximum absolute atomic E-state index is 10.9. The van der Waals surface area contributed by atoms with Crippen molar-refractivity contribution in [2.24, 2.45) is 0 Å². The largest absolute Gasteiger partial charge is 0.476 e. The Morgan fingerprint density at radius 2 is 2.21 bits per heavy atom. The van der Waals surface area contributed by atoms with E-state index in [2.05, 4.69) is 26.1 Å². The van der Waals surface area contributed by atoms with E-state index < -0.39 is 5.97 Å². The van der Waals surface area contributed by atoms with Crippen LogP contribution in [0.15, 0.2) is 10.7 Å². The fourth-order valence-electron chi connectivity index (χ4n) is 1.86. The summed E-state index contributed by atoms with van der Waals surface area (Å²) >= 11 is 3.48. The predicted molar refractivity (Wildman–Crippen MR) is 73.0 cm³/mol. The van der Waals surface area contributed by atoms with Gasteiger partial charge >= 0.3 is 5.97 Å². The second-order valence-electron chi connectivity index (χ2n) is 4.10. The molecule has 0 atom stereocenters. The van der Waals surface area contributed by atoms with Gasteiger partial charge in [-0.25, -0.2) is 4.79 Å². The molecule has 8 heteroatoms. The van der Waals surface area contributed by atoms with Gasteiger partial charge < -0.3 is 10.8 Å². The van der Waals surface area contributed by atoms with Crippen LogP contribution in [0.25, 0.3) is 0 Å². The van der Waals surface area contributed by atoms with E-state index in [4.69, 9.17) is 10.8 Å². The quantitative estimate of drug-likeness (QED) is 0.886. The van der Waals surface area contributed by atoms with Crippen LogP contribution in [0, 0.1) is 6.92 Å². The molecule has 0 amide bonds. The van der Waals surface area contributed by atoms with Crippen LogP contribution in [0.3, 0.4) is 0 Å². The van der Waals surface area contributed by atoms with Crippen molar-refractivity contribution in [3.63, 3.8) is 0 Å². The van der Waals surface area contributed by atoms with Crippen LogP contribution in [0.5, 0.6) is 0 Å². The SMILES string of the molecule is CCn1nc(C)c(Br)c1Cn1cc(N)c(C(=O)O)n1. The average molecular weight is 328 g/mol. The van der Waals surface area contributed by atoms with E-state index in [1.54, 1.807) is 0 Å². The van der Waals surface area contributed by atoms with Gasteiger partial charge in [-0.05, 0) is 29.8 Å². The number of hydrogen-bond acceptors (Lipinski definition) is 4. The Kier molecular flexibility index (Phi) is 3.61. The Labute approximate surface area is 118 Å². The zero-order valence-electron chi connectivity index (χ0n) is 10.6. The number of hydrogen-bond donors (Lipinski definition) is 2. The van der Waals surface area contributed by atoms with E-state index in [0.29, 0.717) is 6.54 Å². The maximum Gasteiger partial charge on any atom is 0.358 e. The summed E-state index contributed by atoms with van der Waals surface area (Å²) in [5.41, 5.74) is 7.45. The average Bonchev–Trinajstić information content (AvgIpc) is 2.84. The highest BCUT2D eigenvalue weighted by Crippen LogP contribution is 2.22. The van der Waals surface area contributed by atoms with Gasteiger partial charge in [0.25, 0.3) is 0 Å². The minimum absolute atomic E-state index is 0.129. The molecule has 2 aromatic rings. The summed E-state index contributed by atoms with van der Waals surface area (Å²) in [6.45, 7) is 5.03. The monoisotopic (exact) mass is 327 g/mol. The van der Waals surface area contributed by atoms with Gasteiger partial charge in [0.05, 0.1) is 28.1 Å². The molecule has 2 rings (SSSR count). The van der Waals surface area contributed by atoms with E-state index in [9.17, 15) is 4.79 Å². The highest BCUT2D eigenvalue weighted by atomic mass is 79.9. The lowest BCUT2D eigenvalue weighted by Gasteiger charge is -2.05. The highest BCUT2D eigenvalue weighted by Gasteiger charge is 2.16. The van der Waals surface area contributed by atoms with E-state index >= 15 is 0 Å². The van der Waals surface area contributed by atoms with Crippen LogP contribution in [0.1, 0.15) is 28.8 Å². The second kappa shape index (κ2) is 5.04. The molecule has 0 saturated carbocycles. The van der Waals surface area contributed by atoms with Gasteiger partial charge in [0.15, 0.2) is 5.69 Å². The Morgan fingerprint density at radius 1 is 1.53 bits per heavy atom. The van der Waals surface area contributed by atoms with Gasteiger partial charge in [0.1, 0.15) is 0 Å². The summed E-state index contributed by atoms with van der Waals surface area (Å²) < 4.78 is 4.25. The number of aromatic nitrogens is 4. The third-order valence-corrected chi connectivity index (χ3v) is 3.79. The Morgan fingerprint density at radius 3 is 2.74 bits per heavy atom. The summed E-state index contributed by atoms with van der Waals surface area (Å²) in [5.74, 6) is -1.13. The van der Waals surface area contributed by atoms with Gasteiger partial charge in [-0.1, -0.05) is 0 Å². The summed E-state index contributed by atoms with van der Waals surface area (Å²) in [7, 11) is 0. The number of nitrogens with zero attached hydrogens (tertiary/aromatic N) is 4. The first-order valence-electron chi connectivity index (χ1n) is 5.72. The predicted octanol–water partition coefficient (Wildman–Crippen LogP) is 1.50. The van der Waals surface area contributed by atoms with Crippen molar-refractivity contribution >= 4 is 27.6 Å². The molecule has 19 heavy (non-hydrogen) atoms. The Hall–Kier alpha value is -1.83. The standard InChI is InChI=1S/C11H14BrN5O2/c1-3-17-8(9(12)6(2)14-17)5-16-4-7(13)10(15-16)11(18)19/h4H,3,5,13H2,1-2H3,(H,18,19). The first-order chi connectivity index (χ1) is 8.93. The van der Waals surface area contributed by atoms with Crippen molar-refractivity contribution < 1.29 is 9.90 Å². The molecule has 0 fully saturated rings. The van der Waals surface area contributed by atoms with E-state index in [-0.39, 0.29) is 11.4 Å². The van der Waals surface area contributed by atoms with Crippen LogP contribution in [-0.4, -0.2) is 30.6 Å². The van der Waals surface area contributed by atoms with Crippen molar-refractivity contribution in [1.29, 1.82) is 0 Å². The second-order valence-corrected chi connectivity index (χ2v) is 4.89. The molecule has 0 aliphatic heterocycles. The third kappa shape index (κ3) is 2.48. The third-order valence-electron chi connectivity index (χ3n) is 2.76. The number of nitrogens with two attached hydrogens (primary N) is 1. The minimum Gasteiger partial charge on any atom is -0.476 e. The Bertz CT molecular complexity index is 631. The molecule has 0 aliphatic rings. The molecule has 0 spiro atoms. The maximum atomic E-state index is 10.9. The number of rotatable bonds is 4. The highest BCUT2D eigenvalue weighted by molar-refractivity contribution is 9.10. The lowest BCUT2D eigenvalue weighted by molar-refractivity contribution is 0.0690. The van der Waals surface area contributed by atoms with Crippen LogP contribution >= 0.6 is 15.9 Å². The molecule has 0 aromatic carbocycles. The van der Waals surface area contributed by atoms with Crippen molar-refractivity contribution in [2.75, 3.05) is 5.73 Å². The normalized spacial score (nSPS) is 10.9. The summed E-state index contributed by atoms with van der Waals surface area (Å²) in [6.07, 6.45) is 1.51. The smallest absolute Gasteiger partial charge is 0.358 e. The van der Waals surface area contributed by atoms with E-state index in [1.165, 1.54) is 10.9 Å². The fraction of sp³-hybridized carbons (Fsp3) is 0.364. The molecular weight excluding hydrogens is 314 g/mol. The molecule has 0 aliphatic carbocycles. The number of nitrogen functional groups attached to an aromatic ring is 1. The number of halogens is 1. The topological polar surface area (TPSA) is 99.0 Å². The minimum atomic E-state index is -1.13. The van der Waals surface area contributed by atoms with E-state index in [0.717, 1.165) is 22.4 Å². The van der Waals surface area contributed by atoms with Crippen LogP contribution < -0.4 is 5.73 Å². The molecular formula is C11H14BrN5O2. The zero-order valence-corrected chi connectivity index (χ0v) is 12.2. The zero-order chi connectivity index (χ0) is 14.2. The summed E-state index contributed by atoms with van der Waals surface area (Å²) in [4.78, 5) is 10.9. The molecule has 0 radical (unpaired) electrons. The van der Waals surface area contributed by atoms with Gasteiger partial charge in [-0.15, -0.1) is 0 Å². The van der Waals surface area contributed by atoms with Crippen molar-refractivity contribution in [3.8, 4) is 0 Å². The van der Waals surface area contributed by atoms with Crippen LogP contribution in [0.2, 0.25) is 0 Å². The van der Waals surface area contributed by atoms with Gasteiger partial charge in [0.2, 0.25) is 0 Å². The molecule has 0 unspecified atom stereocenters. The van der Waals surface area contributed by atoms with Gasteiger partial charge in [0, 0.05) is 12.7 Å². The molecule has 7 nitrogen and oxygen atoms in total. The van der Waals surface area contributed by atoms with Crippen molar-refractivity contribution in [3.05, 3.63) is 27.8 Å². The molecule has 2 heterocycles. The van der Waals surface area contributed by atoms with Gasteiger partial charge in [-0.3, -0.25) is 9.36 Å². The number of aromatic carboxylic acids is 1. The lowest BCUT2D eigenvalue weighted by Crippen LogP contribution is -2.10. The van der Waals surface area contributed by atoms with E-state index in [1.807, 2.05) is 18.5 Å². The first-order valence-corrected chi connectivity index (χ1v) is 6.51. The number of anilines is 1. The molecule has 102 valence electrons. The molecule has 0 saturated heterocycles. The van der Waals surface area contributed by atoms with Crippen molar-refractivity contribution in [1.82, 2.24) is 19.6 Å². The molecule has 2 aromatic heterocycles. The van der Waals surface area contributed by atoms with Gasteiger partial charge in [-0.2, -0.15) is 10.2 Å². The number of carboxylic acid groups (broad SMARTS) is 1. The number of carboxylic acids is 1. The van der Waals surface area contributed by atoms with Crippen LogP contribution in [0.4, 0.5) is 5.69 Å². The van der Waals surface area contributed by atoms with Crippen LogP contribution in [-0.2, 0) is 13.1 Å². The number of aryl methyl sites for hydroxylation is 2. The fourth-order valence-corrected chi connectivity index (χ4v) is 2.27. The summed E-state index contributed by atoms with van der Waals surface area (Å²) in [5, 5.41) is 17.3. The lowest BCUT2D eigenvalue weighted by atomic mass is 10.3. The van der Waals surface area contributed by atoms with Crippen molar-refractivity contribution in [2.45, 2.75) is 26.9 Å². The number of carbonyl (C=O) groups is 1. The molecule has 3 N–H and O–H groups in total. The summed E-state index contributed by atoms with van der Waals surface area (Å²) in [6, 6.07) is 0. The Balaban J connectivity index is 2.36. The first kappa shape index (κ1) is 13.6.